The summed E-state index contributed by atoms with van der Waals surface area (Å²) in [4.78, 5) is 29.3. The van der Waals surface area contributed by atoms with Gasteiger partial charge in [0.05, 0.1) is 14.2 Å². The average molecular weight is 367 g/mol. The summed E-state index contributed by atoms with van der Waals surface area (Å²) in [6.45, 7) is 7.43. The first-order valence-corrected chi connectivity index (χ1v) is 9.65. The fourth-order valence-corrected chi connectivity index (χ4v) is 4.54. The standard InChI is InChI=1S/C22H27N3O2/c1-5-24(6-2)22(27)16-10-18-17-8-7-9-19-21(17)15(13-25(19)14(3)26)11-20(18)23(4)12-16/h7-10,13,16,20H,5-6,11-12H2,1-4H3/t16-,20-/m1/s1/i9D,13D. The molecule has 0 spiro atoms. The van der Waals surface area contributed by atoms with E-state index in [0.717, 1.165) is 22.1 Å². The van der Waals surface area contributed by atoms with Gasteiger partial charge in [0.1, 0.15) is 0 Å². The van der Waals surface area contributed by atoms with Crippen molar-refractivity contribution in [2.45, 2.75) is 33.2 Å². The number of benzene rings is 1. The van der Waals surface area contributed by atoms with Gasteiger partial charge in [0.25, 0.3) is 0 Å². The van der Waals surface area contributed by atoms with Crippen LogP contribution in [-0.4, -0.2) is 58.9 Å². The Morgan fingerprint density at radius 3 is 2.74 bits per heavy atom. The van der Waals surface area contributed by atoms with Crippen molar-refractivity contribution in [1.29, 1.82) is 0 Å². The number of hydrogen-bond acceptors (Lipinski definition) is 3. The lowest BCUT2D eigenvalue weighted by Gasteiger charge is -2.40. The van der Waals surface area contributed by atoms with Gasteiger partial charge in [0, 0.05) is 44.2 Å². The second kappa shape index (κ2) is 6.64. The van der Waals surface area contributed by atoms with Crippen LogP contribution in [0.15, 0.2) is 30.4 Å². The quantitative estimate of drug-likeness (QED) is 0.838. The molecule has 142 valence electrons. The van der Waals surface area contributed by atoms with E-state index in [4.69, 9.17) is 2.74 Å². The maximum atomic E-state index is 13.0. The minimum Gasteiger partial charge on any atom is -0.343 e. The van der Waals surface area contributed by atoms with Crippen molar-refractivity contribution in [2.24, 2.45) is 5.92 Å². The molecule has 2 aliphatic rings. The molecule has 5 heteroatoms. The van der Waals surface area contributed by atoms with E-state index < -0.39 is 0 Å². The first kappa shape index (κ1) is 15.6. The molecule has 1 aliphatic heterocycles. The molecule has 2 aromatic rings. The molecule has 0 saturated heterocycles. The lowest BCUT2D eigenvalue weighted by molar-refractivity contribution is -0.134. The second-order valence-corrected chi connectivity index (χ2v) is 7.46. The van der Waals surface area contributed by atoms with E-state index in [1.165, 1.54) is 11.5 Å². The van der Waals surface area contributed by atoms with Crippen LogP contribution in [0.3, 0.4) is 0 Å². The first-order valence-electron chi connectivity index (χ1n) is 10.7. The number of hydrogen-bond donors (Lipinski definition) is 0. The van der Waals surface area contributed by atoms with Crippen LogP contribution in [-0.2, 0) is 11.2 Å². The number of aromatic nitrogens is 1. The Labute approximate surface area is 163 Å². The smallest absolute Gasteiger partial charge is 0.230 e. The molecular weight excluding hydrogens is 338 g/mol. The van der Waals surface area contributed by atoms with Gasteiger partial charge < -0.3 is 4.90 Å². The number of carbonyl (C=O) groups excluding carboxylic acids is 2. The van der Waals surface area contributed by atoms with Gasteiger partial charge in [-0.2, -0.15) is 0 Å². The monoisotopic (exact) mass is 367 g/mol. The Kier molecular flexibility index (Phi) is 3.85. The number of amides is 1. The highest BCUT2D eigenvalue weighted by Crippen LogP contribution is 2.41. The van der Waals surface area contributed by atoms with Gasteiger partial charge in [-0.3, -0.25) is 19.1 Å². The third kappa shape index (κ3) is 2.72. The maximum absolute atomic E-state index is 13.0. The molecule has 2 heterocycles. The van der Waals surface area contributed by atoms with Gasteiger partial charge in [-0.1, -0.05) is 18.2 Å². The number of likely N-dealkylation sites (N-methyl/N-ethyl adjacent to an activating group) is 1. The molecular formula is C22H27N3O2. The highest BCUT2D eigenvalue weighted by molar-refractivity contribution is 6.03. The normalized spacial score (nSPS) is 22.7. The summed E-state index contributed by atoms with van der Waals surface area (Å²) >= 11 is 0. The van der Waals surface area contributed by atoms with E-state index in [1.54, 1.807) is 6.07 Å². The molecule has 0 bridgehead atoms. The van der Waals surface area contributed by atoms with Crippen LogP contribution in [0.5, 0.6) is 0 Å². The predicted molar refractivity (Wildman–Crippen MR) is 108 cm³/mol. The summed E-state index contributed by atoms with van der Waals surface area (Å²) in [7, 11) is 2.02. The van der Waals surface area contributed by atoms with Gasteiger partial charge in [0.2, 0.25) is 11.8 Å². The van der Waals surface area contributed by atoms with Crippen molar-refractivity contribution in [3.63, 3.8) is 0 Å². The van der Waals surface area contributed by atoms with Crippen LogP contribution in [0.1, 0.15) is 39.4 Å². The molecule has 27 heavy (non-hydrogen) atoms. The van der Waals surface area contributed by atoms with Crippen LogP contribution < -0.4 is 0 Å². The van der Waals surface area contributed by atoms with Gasteiger partial charge in [-0.15, -0.1) is 0 Å². The third-order valence-corrected chi connectivity index (χ3v) is 5.92. The van der Waals surface area contributed by atoms with Crippen LogP contribution in [0.2, 0.25) is 0 Å². The maximum Gasteiger partial charge on any atom is 0.230 e. The van der Waals surface area contributed by atoms with Crippen LogP contribution in [0.25, 0.3) is 16.5 Å². The van der Waals surface area contributed by atoms with E-state index in [9.17, 15) is 9.59 Å². The van der Waals surface area contributed by atoms with E-state index >= 15 is 0 Å². The van der Waals surface area contributed by atoms with E-state index in [0.29, 0.717) is 31.6 Å². The van der Waals surface area contributed by atoms with Gasteiger partial charge in [-0.05, 0) is 50.1 Å². The Morgan fingerprint density at radius 2 is 2.07 bits per heavy atom. The highest BCUT2D eigenvalue weighted by atomic mass is 16.2. The molecule has 4 rings (SSSR count). The molecule has 0 unspecified atom stereocenters. The number of fused-ring (bicyclic) bond motifs is 2. The molecule has 0 fully saturated rings. The molecule has 0 radical (unpaired) electrons. The molecule has 1 aromatic carbocycles. The van der Waals surface area contributed by atoms with Crippen molar-refractivity contribution in [1.82, 2.24) is 14.4 Å². The van der Waals surface area contributed by atoms with Crippen molar-refractivity contribution >= 4 is 28.3 Å². The molecule has 2 atom stereocenters. The molecule has 5 nitrogen and oxygen atoms in total. The number of nitrogens with zero attached hydrogens (tertiary/aromatic N) is 3. The summed E-state index contributed by atoms with van der Waals surface area (Å²) in [6.07, 6.45) is 2.88. The van der Waals surface area contributed by atoms with Crippen molar-refractivity contribution in [2.75, 3.05) is 26.7 Å². The van der Waals surface area contributed by atoms with Gasteiger partial charge >= 0.3 is 0 Å². The van der Waals surface area contributed by atoms with E-state index in [-0.39, 0.29) is 36.0 Å². The zero-order valence-corrected chi connectivity index (χ0v) is 16.4. The van der Waals surface area contributed by atoms with Crippen LogP contribution >= 0.6 is 0 Å². The summed E-state index contributed by atoms with van der Waals surface area (Å²) in [6, 6.07) is 3.92. The van der Waals surface area contributed by atoms with Crippen molar-refractivity contribution in [3.05, 3.63) is 41.6 Å². The van der Waals surface area contributed by atoms with Crippen LogP contribution in [0, 0.1) is 5.92 Å². The topological polar surface area (TPSA) is 45.6 Å². The minimum absolute atomic E-state index is 0.0648. The first-order chi connectivity index (χ1) is 13.8. The van der Waals surface area contributed by atoms with E-state index in [2.05, 4.69) is 11.0 Å². The van der Waals surface area contributed by atoms with Crippen molar-refractivity contribution < 1.29 is 12.3 Å². The fraction of sp³-hybridized carbons (Fsp3) is 0.455. The van der Waals surface area contributed by atoms with E-state index in [1.807, 2.05) is 31.9 Å². The molecule has 1 aromatic heterocycles. The molecule has 0 N–H and O–H groups in total. The lowest BCUT2D eigenvalue weighted by atomic mass is 9.79. The largest absolute Gasteiger partial charge is 0.343 e. The summed E-state index contributed by atoms with van der Waals surface area (Å²) in [5.41, 5.74) is 3.35. The Morgan fingerprint density at radius 1 is 1.33 bits per heavy atom. The summed E-state index contributed by atoms with van der Waals surface area (Å²) < 4.78 is 18.3. The van der Waals surface area contributed by atoms with Gasteiger partial charge in [0.15, 0.2) is 0 Å². The Balaban J connectivity index is 1.92. The minimum atomic E-state index is -0.251. The molecule has 1 amide bonds. The zero-order valence-electron chi connectivity index (χ0n) is 18.4. The third-order valence-electron chi connectivity index (χ3n) is 5.92. The number of carbonyl (C=O) groups is 2. The predicted octanol–water partition coefficient (Wildman–Crippen LogP) is 3.04. The van der Waals surface area contributed by atoms with Crippen molar-refractivity contribution in [3.8, 4) is 0 Å². The SMILES string of the molecule is [2H]c1ccc2c3c(c([2H])n(C(C)=O)c13)C[C@@H]1C2=C[C@@H](C(=O)N(CC)CC)CN1C. The average Bonchev–Trinajstić information content (AvgIpc) is 2.99. The zero-order chi connectivity index (χ0) is 21.0. The molecule has 0 saturated carbocycles. The highest BCUT2D eigenvalue weighted by Gasteiger charge is 2.37. The lowest BCUT2D eigenvalue weighted by Crippen LogP contribution is -2.47. The second-order valence-electron chi connectivity index (χ2n) is 7.46. The summed E-state index contributed by atoms with van der Waals surface area (Å²) in [5.74, 6) is -0.336. The van der Waals surface area contributed by atoms with Crippen LogP contribution in [0.4, 0.5) is 0 Å². The number of rotatable bonds is 3. The fourth-order valence-electron chi connectivity index (χ4n) is 4.54. The Hall–Kier alpha value is -2.40. The van der Waals surface area contributed by atoms with Gasteiger partial charge in [-0.25, -0.2) is 0 Å². The summed E-state index contributed by atoms with van der Waals surface area (Å²) in [5, 5.41) is 0.824. The molecule has 1 aliphatic carbocycles. The Bertz CT molecular complexity index is 1050.